The van der Waals surface area contributed by atoms with E-state index in [4.69, 9.17) is 16.6 Å². The van der Waals surface area contributed by atoms with Gasteiger partial charge in [-0.25, -0.2) is 13.4 Å². The largest absolute Gasteiger partial charge is 0.283 e. The number of pyridine rings is 1. The number of thiazole rings is 1. The highest BCUT2D eigenvalue weighted by Gasteiger charge is 2.21. The van der Waals surface area contributed by atoms with Crippen LogP contribution in [0.5, 0.6) is 0 Å². The predicted molar refractivity (Wildman–Crippen MR) is 128 cm³/mol. The van der Waals surface area contributed by atoms with Gasteiger partial charge >= 0.3 is 0 Å². The van der Waals surface area contributed by atoms with Gasteiger partial charge in [0.1, 0.15) is 0 Å². The van der Waals surface area contributed by atoms with E-state index in [0.717, 1.165) is 33.2 Å². The zero-order valence-electron chi connectivity index (χ0n) is 17.4. The molecule has 0 saturated carbocycles. The second-order valence-electron chi connectivity index (χ2n) is 7.49. The Kier molecular flexibility index (Phi) is 6.28. The van der Waals surface area contributed by atoms with Gasteiger partial charge in [-0.2, -0.15) is 0 Å². The number of fused-ring (bicyclic) bond motifs is 1. The van der Waals surface area contributed by atoms with Gasteiger partial charge < -0.3 is 0 Å². The van der Waals surface area contributed by atoms with E-state index in [9.17, 15) is 13.2 Å². The normalized spacial score (nSPS) is 11.6. The van der Waals surface area contributed by atoms with E-state index in [1.165, 1.54) is 23.5 Å². The average Bonchev–Trinajstić information content (AvgIpc) is 3.16. The summed E-state index contributed by atoms with van der Waals surface area (Å²) in [7, 11) is -3.29. The Bertz CT molecular complexity index is 1390. The van der Waals surface area contributed by atoms with Crippen LogP contribution in [0.3, 0.4) is 0 Å². The first-order valence-electron chi connectivity index (χ1n) is 9.75. The fraction of sp³-hybridized carbons (Fsp3) is 0.174. The second-order valence-corrected chi connectivity index (χ2v) is 11.0. The fourth-order valence-electron chi connectivity index (χ4n) is 3.32. The lowest BCUT2D eigenvalue weighted by atomic mass is 10.1. The molecule has 4 rings (SSSR count). The van der Waals surface area contributed by atoms with Crippen molar-refractivity contribution in [2.45, 2.75) is 24.8 Å². The first-order chi connectivity index (χ1) is 15.2. The van der Waals surface area contributed by atoms with Gasteiger partial charge in [0.25, 0.3) is 0 Å². The van der Waals surface area contributed by atoms with E-state index in [1.54, 1.807) is 29.4 Å². The number of halogens is 1. The molecule has 1 amide bonds. The molecule has 164 valence electrons. The number of hydrogen-bond acceptors (Lipinski definition) is 6. The quantitative estimate of drug-likeness (QED) is 0.390. The highest BCUT2D eigenvalue weighted by molar-refractivity contribution is 7.90. The van der Waals surface area contributed by atoms with Crippen LogP contribution in [0.1, 0.15) is 16.7 Å². The molecule has 0 aliphatic rings. The average molecular weight is 486 g/mol. The number of aromatic nitrogens is 2. The lowest BCUT2D eigenvalue weighted by Gasteiger charge is -2.20. The molecule has 0 unspecified atom stereocenters. The number of hydrogen-bond donors (Lipinski definition) is 0. The number of carbonyl (C=O) groups is 1. The summed E-state index contributed by atoms with van der Waals surface area (Å²) in [6.45, 7) is 2.28. The van der Waals surface area contributed by atoms with E-state index in [2.05, 4.69) is 4.98 Å². The first-order valence-corrected chi connectivity index (χ1v) is 12.8. The topological polar surface area (TPSA) is 80.2 Å². The number of benzene rings is 2. The molecule has 9 heteroatoms. The van der Waals surface area contributed by atoms with E-state index < -0.39 is 9.84 Å². The Hall–Kier alpha value is -2.81. The van der Waals surface area contributed by atoms with E-state index in [0.29, 0.717) is 16.7 Å². The van der Waals surface area contributed by atoms with Crippen LogP contribution in [-0.2, 0) is 27.6 Å². The first kappa shape index (κ1) is 22.4. The minimum atomic E-state index is -3.29. The van der Waals surface area contributed by atoms with Crippen molar-refractivity contribution in [3.63, 3.8) is 0 Å². The molecular weight excluding hydrogens is 466 g/mol. The summed E-state index contributed by atoms with van der Waals surface area (Å²) in [5, 5.41) is 1.21. The Morgan fingerprint density at radius 2 is 1.75 bits per heavy atom. The molecule has 2 aromatic carbocycles. The van der Waals surface area contributed by atoms with Gasteiger partial charge in [0.05, 0.1) is 28.1 Å². The van der Waals surface area contributed by atoms with Crippen molar-refractivity contribution in [2.75, 3.05) is 11.2 Å². The maximum Gasteiger partial charge on any atom is 0.233 e. The smallest absolute Gasteiger partial charge is 0.233 e. The Morgan fingerprint density at radius 3 is 2.41 bits per heavy atom. The molecule has 0 aliphatic carbocycles. The van der Waals surface area contributed by atoms with Crippen molar-refractivity contribution in [2.24, 2.45) is 0 Å². The van der Waals surface area contributed by atoms with Crippen LogP contribution < -0.4 is 4.90 Å². The summed E-state index contributed by atoms with van der Waals surface area (Å²) < 4.78 is 24.3. The van der Waals surface area contributed by atoms with E-state index in [-0.39, 0.29) is 17.2 Å². The molecule has 2 heterocycles. The van der Waals surface area contributed by atoms with Gasteiger partial charge in [0.15, 0.2) is 15.0 Å². The highest BCUT2D eigenvalue weighted by Crippen LogP contribution is 2.34. The van der Waals surface area contributed by atoms with Gasteiger partial charge in [-0.15, -0.1) is 0 Å². The Balaban J connectivity index is 1.68. The van der Waals surface area contributed by atoms with Crippen LogP contribution in [-0.4, -0.2) is 30.5 Å². The summed E-state index contributed by atoms with van der Waals surface area (Å²) in [5.74, 6) is -0.142. The molecule has 6 nitrogen and oxygen atoms in total. The van der Waals surface area contributed by atoms with Crippen LogP contribution in [0.2, 0.25) is 5.02 Å². The molecule has 0 fully saturated rings. The number of aryl methyl sites for hydroxylation is 1. The van der Waals surface area contributed by atoms with Crippen molar-refractivity contribution < 1.29 is 13.2 Å². The van der Waals surface area contributed by atoms with Gasteiger partial charge in [-0.3, -0.25) is 14.7 Å². The molecule has 0 aliphatic heterocycles. The lowest BCUT2D eigenvalue weighted by molar-refractivity contribution is -0.118. The summed E-state index contributed by atoms with van der Waals surface area (Å²) in [6, 6.07) is 13.8. The Labute approximate surface area is 195 Å². The highest BCUT2D eigenvalue weighted by atomic mass is 35.5. The zero-order chi connectivity index (χ0) is 22.9. The molecule has 2 aromatic heterocycles. The van der Waals surface area contributed by atoms with Crippen molar-refractivity contribution >= 4 is 54.0 Å². The molecule has 4 aromatic rings. The maximum absolute atomic E-state index is 13.4. The maximum atomic E-state index is 13.4. The third-order valence-corrected chi connectivity index (χ3v) is 7.34. The third kappa shape index (κ3) is 4.98. The van der Waals surface area contributed by atoms with Crippen molar-refractivity contribution in [3.05, 3.63) is 82.6 Å². The number of amides is 1. The second kappa shape index (κ2) is 8.97. The lowest BCUT2D eigenvalue weighted by Crippen LogP contribution is -2.31. The van der Waals surface area contributed by atoms with Crippen LogP contribution in [0.25, 0.3) is 10.2 Å². The predicted octanol–water partition coefficient (Wildman–Crippen LogP) is 4.83. The van der Waals surface area contributed by atoms with Gasteiger partial charge in [0, 0.05) is 23.7 Å². The molecule has 0 spiro atoms. The number of rotatable bonds is 6. The molecule has 0 radical (unpaired) electrons. The monoisotopic (exact) mass is 485 g/mol. The van der Waals surface area contributed by atoms with Crippen LogP contribution in [0.15, 0.2) is 65.8 Å². The van der Waals surface area contributed by atoms with Gasteiger partial charge in [-0.05, 0) is 60.0 Å². The number of nitrogens with zero attached hydrogens (tertiary/aromatic N) is 3. The van der Waals surface area contributed by atoms with Crippen molar-refractivity contribution in [1.82, 2.24) is 9.97 Å². The molecule has 0 N–H and O–H groups in total. The Morgan fingerprint density at radius 1 is 1.06 bits per heavy atom. The minimum absolute atomic E-state index is 0.116. The van der Waals surface area contributed by atoms with Crippen LogP contribution in [0, 0.1) is 6.92 Å². The number of anilines is 1. The van der Waals surface area contributed by atoms with Gasteiger partial charge in [0.2, 0.25) is 5.91 Å². The van der Waals surface area contributed by atoms with Gasteiger partial charge in [-0.1, -0.05) is 35.1 Å². The summed E-state index contributed by atoms with van der Waals surface area (Å²) in [6.07, 6.45) is 4.64. The molecule has 0 atom stereocenters. The molecular formula is C23H20ClN3O3S2. The van der Waals surface area contributed by atoms with Crippen LogP contribution >= 0.6 is 22.9 Å². The molecule has 32 heavy (non-hydrogen) atoms. The molecule has 0 saturated heterocycles. The van der Waals surface area contributed by atoms with E-state index >= 15 is 0 Å². The summed E-state index contributed by atoms with van der Waals surface area (Å²) >= 11 is 7.62. The van der Waals surface area contributed by atoms with Crippen LogP contribution in [0.4, 0.5) is 5.13 Å². The fourth-order valence-corrected chi connectivity index (χ4v) is 5.38. The summed E-state index contributed by atoms with van der Waals surface area (Å²) in [4.78, 5) is 24.0. The van der Waals surface area contributed by atoms with E-state index in [1.807, 2.05) is 31.2 Å². The SMILES string of the molecule is Cc1cc(Cl)cc2sc(N(Cc3ccncc3)C(=O)Cc3ccc(S(C)(=O)=O)cc3)nc12. The number of carbonyl (C=O) groups excluding carboxylic acids is 1. The van der Waals surface area contributed by atoms with Crippen molar-refractivity contribution in [1.29, 1.82) is 0 Å². The standard InChI is InChI=1S/C23H20ClN3O3S2/c1-15-11-18(24)13-20-22(15)26-23(31-20)27(14-17-7-9-25-10-8-17)21(28)12-16-3-5-19(6-4-16)32(2,29)30/h3-11,13H,12,14H2,1-2H3. The number of sulfone groups is 1. The minimum Gasteiger partial charge on any atom is -0.283 e. The zero-order valence-corrected chi connectivity index (χ0v) is 19.8. The molecule has 0 bridgehead atoms. The van der Waals surface area contributed by atoms with Crippen molar-refractivity contribution in [3.8, 4) is 0 Å². The third-order valence-electron chi connectivity index (χ3n) is 4.97. The summed E-state index contributed by atoms with van der Waals surface area (Å²) in [5.41, 5.74) is 3.42.